The molecule has 0 spiro atoms. The summed E-state index contributed by atoms with van der Waals surface area (Å²) < 4.78 is 5.40. The van der Waals surface area contributed by atoms with E-state index in [0.29, 0.717) is 6.42 Å². The molecule has 2 rings (SSSR count). The Hall–Kier alpha value is -1.44. The van der Waals surface area contributed by atoms with Gasteiger partial charge in [-0.3, -0.25) is 4.79 Å². The zero-order valence-corrected chi connectivity index (χ0v) is 11.9. The second-order valence-electron chi connectivity index (χ2n) is 4.48. The number of hydrogen-bond donors (Lipinski definition) is 3. The summed E-state index contributed by atoms with van der Waals surface area (Å²) in [5.41, 5.74) is 1.58. The fourth-order valence-electron chi connectivity index (χ4n) is 2.04. The largest absolute Gasteiger partial charge is 0.475 e. The van der Waals surface area contributed by atoms with E-state index < -0.39 is 13.1 Å². The smallest absolute Gasteiger partial charge is 0.464 e. The molecule has 1 unspecified atom stereocenters. The van der Waals surface area contributed by atoms with Gasteiger partial charge >= 0.3 is 7.12 Å². The summed E-state index contributed by atoms with van der Waals surface area (Å²) in [6, 6.07) is 7.50. The van der Waals surface area contributed by atoms with Crippen molar-refractivity contribution in [3.8, 4) is 0 Å². The lowest BCUT2D eigenvalue weighted by atomic mass is 9.76. The molecule has 2 aromatic rings. The summed E-state index contributed by atoms with van der Waals surface area (Å²) in [4.78, 5) is 11.6. The molecule has 1 aromatic heterocycles. The zero-order valence-electron chi connectivity index (χ0n) is 11.1. The van der Waals surface area contributed by atoms with Crippen molar-refractivity contribution in [2.75, 3.05) is 12.0 Å². The van der Waals surface area contributed by atoms with Gasteiger partial charge in [0.25, 0.3) is 0 Å². The molecule has 1 amide bonds. The minimum absolute atomic E-state index is 0.219. The molecule has 3 N–H and O–H groups in total. The van der Waals surface area contributed by atoms with Crippen LogP contribution in [-0.2, 0) is 11.2 Å². The Morgan fingerprint density at radius 3 is 2.90 bits per heavy atom. The van der Waals surface area contributed by atoms with Crippen molar-refractivity contribution < 1.29 is 19.3 Å². The van der Waals surface area contributed by atoms with Crippen LogP contribution in [-0.4, -0.2) is 41.0 Å². The molecule has 1 aromatic carbocycles. The Kier molecular flexibility index (Phi) is 5.11. The highest BCUT2D eigenvalue weighted by Crippen LogP contribution is 2.22. The van der Waals surface area contributed by atoms with Crippen molar-refractivity contribution in [3.05, 3.63) is 36.1 Å². The maximum Gasteiger partial charge on any atom is 0.475 e. The van der Waals surface area contributed by atoms with E-state index >= 15 is 0 Å². The minimum atomic E-state index is -1.62. The van der Waals surface area contributed by atoms with E-state index in [1.165, 1.54) is 11.8 Å². The number of carbonyl (C=O) groups is 1. The van der Waals surface area contributed by atoms with Gasteiger partial charge in [-0.05, 0) is 24.3 Å². The zero-order chi connectivity index (χ0) is 14.5. The molecule has 0 saturated carbocycles. The fourth-order valence-corrected chi connectivity index (χ4v) is 2.38. The van der Waals surface area contributed by atoms with E-state index in [9.17, 15) is 14.8 Å². The first-order valence-corrected chi connectivity index (χ1v) is 7.60. The molecule has 0 fully saturated rings. The van der Waals surface area contributed by atoms with Crippen molar-refractivity contribution >= 4 is 35.8 Å². The molecule has 1 atom stereocenters. The molecule has 1 heterocycles. The Labute approximate surface area is 121 Å². The molecule has 0 radical (unpaired) electrons. The van der Waals surface area contributed by atoms with Gasteiger partial charge < -0.3 is 19.8 Å². The van der Waals surface area contributed by atoms with Crippen LogP contribution in [0.15, 0.2) is 34.9 Å². The van der Waals surface area contributed by atoms with E-state index in [4.69, 9.17) is 4.42 Å². The fraction of sp³-hybridized carbons (Fsp3) is 0.308. The van der Waals surface area contributed by atoms with Gasteiger partial charge in [0.05, 0.1) is 18.0 Å². The minimum Gasteiger partial charge on any atom is -0.464 e. The molecule has 0 aliphatic heterocycles. The third-order valence-electron chi connectivity index (χ3n) is 2.98. The second kappa shape index (κ2) is 6.83. The Bertz CT molecular complexity index is 587. The van der Waals surface area contributed by atoms with Crippen LogP contribution < -0.4 is 5.32 Å². The average Bonchev–Trinajstić information content (AvgIpc) is 2.82. The van der Waals surface area contributed by atoms with Crippen molar-refractivity contribution in [2.45, 2.75) is 12.4 Å². The number of fused-ring (bicyclic) bond motifs is 1. The van der Waals surface area contributed by atoms with Crippen LogP contribution in [0.4, 0.5) is 0 Å². The van der Waals surface area contributed by atoms with Crippen molar-refractivity contribution in [3.63, 3.8) is 0 Å². The number of thioether (sulfide) groups is 1. The Balaban J connectivity index is 2.13. The van der Waals surface area contributed by atoms with E-state index in [-0.39, 0.29) is 11.7 Å². The van der Waals surface area contributed by atoms with Crippen molar-refractivity contribution in [1.29, 1.82) is 0 Å². The molecule has 7 heteroatoms. The van der Waals surface area contributed by atoms with E-state index in [1.807, 2.05) is 30.5 Å². The monoisotopic (exact) mass is 293 g/mol. The number of furan rings is 1. The summed E-state index contributed by atoms with van der Waals surface area (Å²) in [6.07, 6.45) is 3.70. The standard InChI is InChI=1S/C13H16BNO4S/c1-20-8-13(16)15-12(14(17)18)6-9-7-19-11-5-3-2-4-10(9)11/h2-5,7,12,17-18H,6,8H2,1H3,(H,15,16). The Morgan fingerprint density at radius 1 is 1.45 bits per heavy atom. The van der Waals surface area contributed by atoms with Crippen LogP contribution in [0.5, 0.6) is 0 Å². The summed E-state index contributed by atoms with van der Waals surface area (Å²) in [7, 11) is -1.62. The van der Waals surface area contributed by atoms with Gasteiger partial charge in [0.2, 0.25) is 5.91 Å². The van der Waals surface area contributed by atoms with Gasteiger partial charge in [0, 0.05) is 5.39 Å². The number of amides is 1. The van der Waals surface area contributed by atoms with Crippen LogP contribution in [0.2, 0.25) is 0 Å². The predicted octanol–water partition coefficient (Wildman–Crippen LogP) is 0.835. The second-order valence-corrected chi connectivity index (χ2v) is 5.35. The molecule has 0 saturated heterocycles. The normalized spacial score (nSPS) is 12.3. The first-order valence-electron chi connectivity index (χ1n) is 6.21. The molecule has 106 valence electrons. The summed E-state index contributed by atoms with van der Waals surface area (Å²) in [6.45, 7) is 0. The third-order valence-corrected chi connectivity index (χ3v) is 3.53. The topological polar surface area (TPSA) is 82.7 Å². The molecular formula is C13H16BNO4S. The Morgan fingerprint density at radius 2 is 2.20 bits per heavy atom. The highest BCUT2D eigenvalue weighted by atomic mass is 32.2. The lowest BCUT2D eigenvalue weighted by molar-refractivity contribution is -0.118. The first kappa shape index (κ1) is 15.0. The van der Waals surface area contributed by atoms with Gasteiger partial charge in [0.15, 0.2) is 0 Å². The van der Waals surface area contributed by atoms with Crippen LogP contribution in [0.1, 0.15) is 5.56 Å². The SMILES string of the molecule is CSCC(=O)NC(Cc1coc2ccccc12)B(O)O. The van der Waals surface area contributed by atoms with E-state index in [0.717, 1.165) is 16.5 Å². The molecule has 0 aliphatic carbocycles. The quantitative estimate of drug-likeness (QED) is 0.687. The maximum atomic E-state index is 11.6. The van der Waals surface area contributed by atoms with Crippen molar-refractivity contribution in [1.82, 2.24) is 5.32 Å². The van der Waals surface area contributed by atoms with Gasteiger partial charge in [-0.25, -0.2) is 0 Å². The summed E-state index contributed by atoms with van der Waals surface area (Å²) in [5.74, 6) is -0.686. The first-order chi connectivity index (χ1) is 9.61. The number of benzene rings is 1. The van der Waals surface area contributed by atoms with Crippen molar-refractivity contribution in [2.24, 2.45) is 0 Å². The highest BCUT2D eigenvalue weighted by Gasteiger charge is 2.26. The number of rotatable bonds is 6. The predicted molar refractivity (Wildman–Crippen MR) is 80.4 cm³/mol. The number of nitrogens with one attached hydrogen (secondary N) is 1. The molecule has 5 nitrogen and oxygen atoms in total. The average molecular weight is 293 g/mol. The van der Waals surface area contributed by atoms with Crippen LogP contribution in [0.25, 0.3) is 11.0 Å². The van der Waals surface area contributed by atoms with E-state index in [1.54, 1.807) is 6.26 Å². The summed E-state index contributed by atoms with van der Waals surface area (Å²) >= 11 is 1.38. The van der Waals surface area contributed by atoms with Gasteiger partial charge in [-0.1, -0.05) is 18.2 Å². The number of carbonyl (C=O) groups excluding carboxylic acids is 1. The van der Waals surface area contributed by atoms with Gasteiger partial charge in [-0.2, -0.15) is 11.8 Å². The number of hydrogen-bond acceptors (Lipinski definition) is 5. The van der Waals surface area contributed by atoms with E-state index in [2.05, 4.69) is 5.32 Å². The van der Waals surface area contributed by atoms with Gasteiger partial charge in [0.1, 0.15) is 5.58 Å². The van der Waals surface area contributed by atoms with Crippen LogP contribution in [0.3, 0.4) is 0 Å². The lowest BCUT2D eigenvalue weighted by Crippen LogP contribution is -2.48. The lowest BCUT2D eigenvalue weighted by Gasteiger charge is -2.16. The molecule has 0 bridgehead atoms. The van der Waals surface area contributed by atoms with Gasteiger partial charge in [-0.15, -0.1) is 0 Å². The maximum absolute atomic E-state index is 11.6. The number of para-hydroxylation sites is 1. The third kappa shape index (κ3) is 3.56. The molecular weight excluding hydrogens is 277 g/mol. The summed E-state index contributed by atoms with van der Waals surface area (Å²) in [5, 5.41) is 22.3. The highest BCUT2D eigenvalue weighted by molar-refractivity contribution is 7.99. The molecule has 0 aliphatic rings. The molecule has 20 heavy (non-hydrogen) atoms. The van der Waals surface area contributed by atoms with Crippen LogP contribution in [0, 0.1) is 0 Å². The van der Waals surface area contributed by atoms with Crippen LogP contribution >= 0.6 is 11.8 Å².